The number of nitrogens with one attached hydrogen (secondary N) is 1. The smallest absolute Gasteiger partial charge is 0.234 e. The van der Waals surface area contributed by atoms with E-state index in [-0.39, 0.29) is 17.9 Å². The van der Waals surface area contributed by atoms with Gasteiger partial charge in [0, 0.05) is 0 Å². The van der Waals surface area contributed by atoms with Crippen molar-refractivity contribution in [3.8, 4) is 0 Å². The highest BCUT2D eigenvalue weighted by molar-refractivity contribution is 5.80. The summed E-state index contributed by atoms with van der Waals surface area (Å²) in [5.74, 6) is 0.840. The Morgan fingerprint density at radius 3 is 2.46 bits per heavy atom. The summed E-state index contributed by atoms with van der Waals surface area (Å²) < 4.78 is 0. The Balaban J connectivity index is 2.25. The van der Waals surface area contributed by atoms with Gasteiger partial charge in [-0.05, 0) is 31.2 Å². The topological polar surface area (TPSA) is 55.1 Å². The number of rotatable bonds is 5. The van der Waals surface area contributed by atoms with Crippen LogP contribution in [0.5, 0.6) is 0 Å². The molecule has 1 aliphatic carbocycles. The zero-order valence-electron chi connectivity index (χ0n) is 8.55. The van der Waals surface area contributed by atoms with Crippen molar-refractivity contribution in [1.29, 1.82) is 0 Å². The molecule has 13 heavy (non-hydrogen) atoms. The van der Waals surface area contributed by atoms with Crippen LogP contribution in [0.4, 0.5) is 0 Å². The third kappa shape index (κ3) is 2.99. The molecule has 0 aromatic heterocycles. The van der Waals surface area contributed by atoms with Gasteiger partial charge in [-0.1, -0.05) is 20.3 Å². The minimum Gasteiger partial charge on any atom is -0.368 e. The van der Waals surface area contributed by atoms with Gasteiger partial charge < -0.3 is 11.1 Å². The molecule has 3 N–H and O–H groups in total. The number of hydrogen-bond donors (Lipinski definition) is 2. The molecule has 0 aliphatic heterocycles. The van der Waals surface area contributed by atoms with E-state index in [2.05, 4.69) is 5.32 Å². The molecule has 0 spiro atoms. The van der Waals surface area contributed by atoms with Crippen LogP contribution in [0, 0.1) is 11.8 Å². The van der Waals surface area contributed by atoms with Crippen molar-refractivity contribution in [1.82, 2.24) is 5.32 Å². The van der Waals surface area contributed by atoms with E-state index in [0.717, 1.165) is 12.5 Å². The fourth-order valence-corrected chi connectivity index (χ4v) is 1.66. The molecule has 1 unspecified atom stereocenters. The van der Waals surface area contributed by atoms with E-state index in [1.54, 1.807) is 0 Å². The van der Waals surface area contributed by atoms with Gasteiger partial charge in [-0.2, -0.15) is 0 Å². The maximum absolute atomic E-state index is 11.0. The molecule has 0 bridgehead atoms. The highest BCUT2D eigenvalue weighted by Crippen LogP contribution is 2.25. The molecule has 0 saturated heterocycles. The SMILES string of the molecule is CC(C)C(NCC1CCC1)C(N)=O. The standard InChI is InChI=1S/C10H20N2O/c1-7(2)9(10(11)13)12-6-8-4-3-5-8/h7-9,12H,3-6H2,1-2H3,(H2,11,13). The normalized spacial score (nSPS) is 19.9. The van der Waals surface area contributed by atoms with Crippen molar-refractivity contribution < 1.29 is 4.79 Å². The summed E-state index contributed by atoms with van der Waals surface area (Å²) >= 11 is 0. The first-order chi connectivity index (χ1) is 6.11. The second-order valence-corrected chi connectivity index (χ2v) is 4.33. The predicted octanol–water partition coefficient (Wildman–Crippen LogP) is 0.886. The number of hydrogen-bond acceptors (Lipinski definition) is 2. The van der Waals surface area contributed by atoms with Crippen molar-refractivity contribution in [2.75, 3.05) is 6.54 Å². The van der Waals surface area contributed by atoms with Crippen molar-refractivity contribution in [2.24, 2.45) is 17.6 Å². The molecule has 0 heterocycles. The van der Waals surface area contributed by atoms with Gasteiger partial charge in [-0.15, -0.1) is 0 Å². The summed E-state index contributed by atoms with van der Waals surface area (Å²) in [5.41, 5.74) is 5.28. The van der Waals surface area contributed by atoms with Crippen LogP contribution in [0.15, 0.2) is 0 Å². The van der Waals surface area contributed by atoms with E-state index in [9.17, 15) is 4.79 Å². The summed E-state index contributed by atoms with van der Waals surface area (Å²) in [7, 11) is 0. The van der Waals surface area contributed by atoms with E-state index < -0.39 is 0 Å². The molecule has 1 amide bonds. The second kappa shape index (κ2) is 4.61. The van der Waals surface area contributed by atoms with Gasteiger partial charge in [0.15, 0.2) is 0 Å². The lowest BCUT2D eigenvalue weighted by Crippen LogP contribution is -2.47. The summed E-state index contributed by atoms with van der Waals surface area (Å²) in [6.07, 6.45) is 3.95. The summed E-state index contributed by atoms with van der Waals surface area (Å²) in [5, 5.41) is 3.25. The number of carbonyl (C=O) groups excluding carboxylic acids is 1. The van der Waals surface area contributed by atoms with Gasteiger partial charge in [0.25, 0.3) is 0 Å². The fraction of sp³-hybridized carbons (Fsp3) is 0.900. The average molecular weight is 184 g/mol. The van der Waals surface area contributed by atoms with Crippen LogP contribution in [0.3, 0.4) is 0 Å². The van der Waals surface area contributed by atoms with E-state index in [1.807, 2.05) is 13.8 Å². The number of carbonyl (C=O) groups is 1. The molecule has 3 heteroatoms. The summed E-state index contributed by atoms with van der Waals surface area (Å²) in [6, 6.07) is -0.152. The Morgan fingerprint density at radius 1 is 1.54 bits per heavy atom. The first-order valence-electron chi connectivity index (χ1n) is 5.14. The van der Waals surface area contributed by atoms with Crippen molar-refractivity contribution >= 4 is 5.91 Å². The monoisotopic (exact) mass is 184 g/mol. The lowest BCUT2D eigenvalue weighted by Gasteiger charge is -2.28. The number of amides is 1. The number of primary amides is 1. The summed E-state index contributed by atoms with van der Waals surface area (Å²) in [4.78, 5) is 11.0. The van der Waals surface area contributed by atoms with Crippen LogP contribution < -0.4 is 11.1 Å². The van der Waals surface area contributed by atoms with Gasteiger partial charge in [-0.25, -0.2) is 0 Å². The zero-order valence-corrected chi connectivity index (χ0v) is 8.55. The maximum atomic E-state index is 11.0. The molecule has 1 rings (SSSR count). The van der Waals surface area contributed by atoms with Crippen molar-refractivity contribution in [3.05, 3.63) is 0 Å². The van der Waals surface area contributed by atoms with Crippen molar-refractivity contribution in [2.45, 2.75) is 39.2 Å². The molecule has 1 fully saturated rings. The van der Waals surface area contributed by atoms with Crippen LogP contribution in [0.25, 0.3) is 0 Å². The third-order valence-electron chi connectivity index (χ3n) is 2.82. The molecular weight excluding hydrogens is 164 g/mol. The Morgan fingerprint density at radius 2 is 2.15 bits per heavy atom. The van der Waals surface area contributed by atoms with Gasteiger partial charge in [0.2, 0.25) is 5.91 Å². The molecule has 1 saturated carbocycles. The van der Waals surface area contributed by atoms with Crippen LogP contribution in [0.2, 0.25) is 0 Å². The van der Waals surface area contributed by atoms with Crippen LogP contribution >= 0.6 is 0 Å². The second-order valence-electron chi connectivity index (χ2n) is 4.33. The lowest BCUT2D eigenvalue weighted by atomic mass is 9.85. The minimum absolute atomic E-state index is 0.152. The lowest BCUT2D eigenvalue weighted by molar-refractivity contribution is -0.121. The fourth-order valence-electron chi connectivity index (χ4n) is 1.66. The molecule has 0 aromatic rings. The molecule has 1 aliphatic rings. The Hall–Kier alpha value is -0.570. The first-order valence-corrected chi connectivity index (χ1v) is 5.14. The quantitative estimate of drug-likeness (QED) is 0.666. The van der Waals surface area contributed by atoms with Gasteiger partial charge in [-0.3, -0.25) is 4.79 Å². The molecule has 3 nitrogen and oxygen atoms in total. The largest absolute Gasteiger partial charge is 0.368 e. The Bertz CT molecular complexity index is 176. The zero-order chi connectivity index (χ0) is 9.84. The molecule has 1 atom stereocenters. The van der Waals surface area contributed by atoms with Crippen LogP contribution in [0.1, 0.15) is 33.1 Å². The van der Waals surface area contributed by atoms with E-state index in [1.165, 1.54) is 19.3 Å². The Labute approximate surface area is 80.1 Å². The van der Waals surface area contributed by atoms with Gasteiger partial charge in [0.1, 0.15) is 0 Å². The Kier molecular flexibility index (Phi) is 3.72. The minimum atomic E-state index is -0.227. The summed E-state index contributed by atoms with van der Waals surface area (Å²) in [6.45, 7) is 4.98. The van der Waals surface area contributed by atoms with Gasteiger partial charge in [0.05, 0.1) is 6.04 Å². The average Bonchev–Trinajstić information content (AvgIpc) is 1.92. The van der Waals surface area contributed by atoms with Crippen LogP contribution in [-0.2, 0) is 4.79 Å². The van der Waals surface area contributed by atoms with Crippen molar-refractivity contribution in [3.63, 3.8) is 0 Å². The van der Waals surface area contributed by atoms with Gasteiger partial charge >= 0.3 is 0 Å². The highest BCUT2D eigenvalue weighted by atomic mass is 16.1. The highest BCUT2D eigenvalue weighted by Gasteiger charge is 2.22. The van der Waals surface area contributed by atoms with Crippen LogP contribution in [-0.4, -0.2) is 18.5 Å². The number of nitrogens with two attached hydrogens (primary N) is 1. The maximum Gasteiger partial charge on any atom is 0.234 e. The van der Waals surface area contributed by atoms with E-state index in [0.29, 0.717) is 0 Å². The molecular formula is C10H20N2O. The third-order valence-corrected chi connectivity index (χ3v) is 2.82. The molecule has 0 aromatic carbocycles. The molecule has 0 radical (unpaired) electrons. The van der Waals surface area contributed by atoms with E-state index in [4.69, 9.17) is 5.73 Å². The van der Waals surface area contributed by atoms with E-state index >= 15 is 0 Å². The first kappa shape index (κ1) is 10.5. The molecule has 76 valence electrons. The predicted molar refractivity (Wildman–Crippen MR) is 53.2 cm³/mol.